The maximum atomic E-state index is 14.2. The molecule has 0 aromatic heterocycles. The van der Waals surface area contributed by atoms with Gasteiger partial charge in [0.05, 0.1) is 0 Å². The highest BCUT2D eigenvalue weighted by atomic mass is 32.2. The molecule has 0 N–H and O–H groups in total. The Kier molecular flexibility index (Phi) is 7.97. The fourth-order valence-electron chi connectivity index (χ4n) is 3.55. The van der Waals surface area contributed by atoms with E-state index < -0.39 is 7.14 Å². The van der Waals surface area contributed by atoms with Crippen LogP contribution in [-0.4, -0.2) is 11.5 Å². The molecule has 4 rings (SSSR count). The van der Waals surface area contributed by atoms with Crippen molar-refractivity contribution in [1.29, 1.82) is 0 Å². The SMILES string of the molecule is O=P1(c2ccccc2)/C=C/c2ccccc2CSCCCSCc2ccccc2/C=C/1. The van der Waals surface area contributed by atoms with Crippen LogP contribution in [0.2, 0.25) is 0 Å². The largest absolute Gasteiger partial charge is 0.310 e. The number of rotatable bonds is 1. The first-order valence-corrected chi connectivity index (χ1v) is 14.7. The third kappa shape index (κ3) is 6.07. The Bertz CT molecular complexity index is 1040. The van der Waals surface area contributed by atoms with Gasteiger partial charge in [-0.2, -0.15) is 23.5 Å². The van der Waals surface area contributed by atoms with Crippen LogP contribution in [0.4, 0.5) is 0 Å². The van der Waals surface area contributed by atoms with Gasteiger partial charge in [-0.25, -0.2) is 0 Å². The first-order valence-electron chi connectivity index (χ1n) is 10.6. The van der Waals surface area contributed by atoms with Gasteiger partial charge in [-0.05, 0) is 51.8 Å². The van der Waals surface area contributed by atoms with E-state index in [1.165, 1.54) is 17.5 Å². The zero-order chi connectivity index (χ0) is 21.4. The van der Waals surface area contributed by atoms with Crippen LogP contribution < -0.4 is 5.30 Å². The summed E-state index contributed by atoms with van der Waals surface area (Å²) in [7, 11) is -2.85. The molecule has 0 aliphatic carbocycles. The predicted octanol–water partition coefficient (Wildman–Crippen LogP) is 7.89. The molecule has 1 heterocycles. The molecule has 0 spiro atoms. The van der Waals surface area contributed by atoms with Crippen LogP contribution in [0.1, 0.15) is 28.7 Å². The van der Waals surface area contributed by atoms with E-state index in [9.17, 15) is 4.57 Å². The maximum Gasteiger partial charge on any atom is 0.157 e. The van der Waals surface area contributed by atoms with E-state index in [0.29, 0.717) is 0 Å². The molecule has 0 fully saturated rings. The van der Waals surface area contributed by atoms with Gasteiger partial charge in [-0.3, -0.25) is 0 Å². The van der Waals surface area contributed by atoms with E-state index in [4.69, 9.17) is 0 Å². The van der Waals surface area contributed by atoms with Crippen molar-refractivity contribution in [2.75, 3.05) is 11.5 Å². The summed E-state index contributed by atoms with van der Waals surface area (Å²) in [5.74, 6) is 8.14. The predicted molar refractivity (Wildman–Crippen MR) is 142 cm³/mol. The Labute approximate surface area is 194 Å². The highest BCUT2D eigenvalue weighted by molar-refractivity contribution is 7.99. The van der Waals surface area contributed by atoms with E-state index in [-0.39, 0.29) is 0 Å². The van der Waals surface area contributed by atoms with Crippen molar-refractivity contribution < 1.29 is 4.57 Å². The van der Waals surface area contributed by atoms with E-state index in [2.05, 4.69) is 60.7 Å². The van der Waals surface area contributed by atoms with Crippen molar-refractivity contribution in [3.8, 4) is 0 Å². The lowest BCUT2D eigenvalue weighted by Crippen LogP contribution is -2.00. The summed E-state index contributed by atoms with van der Waals surface area (Å²) in [6.45, 7) is 0. The molecule has 0 bridgehead atoms. The monoisotopic (exact) mass is 462 g/mol. The summed E-state index contributed by atoms with van der Waals surface area (Å²) < 4.78 is 14.2. The summed E-state index contributed by atoms with van der Waals surface area (Å²) in [5.41, 5.74) is 4.91. The first kappa shape index (κ1) is 22.3. The first-order chi connectivity index (χ1) is 15.2. The number of hydrogen-bond donors (Lipinski definition) is 0. The molecule has 3 aromatic carbocycles. The van der Waals surface area contributed by atoms with Crippen LogP contribution in [-0.2, 0) is 16.1 Å². The van der Waals surface area contributed by atoms with E-state index in [0.717, 1.165) is 39.4 Å². The maximum absolute atomic E-state index is 14.2. The van der Waals surface area contributed by atoms with Crippen molar-refractivity contribution in [2.45, 2.75) is 17.9 Å². The van der Waals surface area contributed by atoms with E-state index >= 15 is 0 Å². The topological polar surface area (TPSA) is 17.1 Å². The second-order valence-electron chi connectivity index (χ2n) is 7.53. The molecular formula is C27H27OPS2. The molecule has 0 amide bonds. The van der Waals surface area contributed by atoms with Crippen molar-refractivity contribution in [3.05, 3.63) is 113 Å². The van der Waals surface area contributed by atoms with Crippen LogP contribution in [0.3, 0.4) is 0 Å². The van der Waals surface area contributed by atoms with Gasteiger partial charge in [-0.15, -0.1) is 0 Å². The quantitative estimate of drug-likeness (QED) is 0.342. The van der Waals surface area contributed by atoms with Crippen LogP contribution in [0.25, 0.3) is 12.2 Å². The number of fused-ring (bicyclic) bond motifs is 2. The lowest BCUT2D eigenvalue weighted by atomic mass is 10.1. The van der Waals surface area contributed by atoms with Crippen molar-refractivity contribution in [1.82, 2.24) is 0 Å². The highest BCUT2D eigenvalue weighted by Crippen LogP contribution is 2.49. The molecule has 31 heavy (non-hydrogen) atoms. The third-order valence-corrected chi connectivity index (χ3v) is 9.79. The summed E-state index contributed by atoms with van der Waals surface area (Å²) in [4.78, 5) is 0. The second kappa shape index (κ2) is 11.1. The van der Waals surface area contributed by atoms with Gasteiger partial charge >= 0.3 is 0 Å². The lowest BCUT2D eigenvalue weighted by molar-refractivity contribution is 0.592. The van der Waals surface area contributed by atoms with Crippen molar-refractivity contribution >= 4 is 48.1 Å². The van der Waals surface area contributed by atoms with Gasteiger partial charge in [0.1, 0.15) is 0 Å². The standard InChI is InChI=1S/C27H27OPS2/c28-29(27-13-2-1-3-14-27)17-15-23-9-4-6-11-25(23)21-30-19-8-20-31-22-26-12-7-5-10-24(26)16-18-29/h1-7,9-18H,8,19-22H2/b17-15+,18-16+. The fourth-order valence-corrected chi connectivity index (χ4v) is 7.53. The summed E-state index contributed by atoms with van der Waals surface area (Å²) in [6, 6.07) is 26.8. The number of thioether (sulfide) groups is 2. The molecule has 0 saturated carbocycles. The molecule has 4 heteroatoms. The van der Waals surface area contributed by atoms with Gasteiger partial charge in [0.25, 0.3) is 0 Å². The van der Waals surface area contributed by atoms with Crippen LogP contribution in [0.5, 0.6) is 0 Å². The molecule has 0 radical (unpaired) electrons. The van der Waals surface area contributed by atoms with E-state index in [1.54, 1.807) is 0 Å². The smallest absolute Gasteiger partial charge is 0.157 e. The molecule has 0 saturated heterocycles. The van der Waals surface area contributed by atoms with Gasteiger partial charge in [0, 0.05) is 16.8 Å². The Balaban J connectivity index is 1.77. The third-order valence-electron chi connectivity index (χ3n) is 5.31. The molecule has 1 aliphatic rings. The molecule has 158 valence electrons. The molecule has 0 atom stereocenters. The second-order valence-corrected chi connectivity index (χ2v) is 12.3. The number of hydrogen-bond acceptors (Lipinski definition) is 3. The van der Waals surface area contributed by atoms with Gasteiger partial charge in [-0.1, -0.05) is 91.0 Å². The Morgan fingerprint density at radius 2 is 1.10 bits per heavy atom. The minimum Gasteiger partial charge on any atom is -0.310 e. The van der Waals surface area contributed by atoms with Crippen molar-refractivity contribution in [2.24, 2.45) is 0 Å². The van der Waals surface area contributed by atoms with E-state index in [1.807, 2.05) is 65.5 Å². The van der Waals surface area contributed by atoms with Gasteiger partial charge in [0.15, 0.2) is 7.14 Å². The average Bonchev–Trinajstić information content (AvgIpc) is 2.82. The Morgan fingerprint density at radius 3 is 1.65 bits per heavy atom. The molecule has 1 nitrogen and oxygen atoms in total. The summed E-state index contributed by atoms with van der Waals surface area (Å²) in [5, 5.41) is 0.863. The highest BCUT2D eigenvalue weighted by Gasteiger charge is 2.18. The van der Waals surface area contributed by atoms with Crippen LogP contribution in [0.15, 0.2) is 90.5 Å². The minimum atomic E-state index is -2.85. The minimum absolute atomic E-state index is 0.863. The summed E-state index contributed by atoms with van der Waals surface area (Å²) in [6.07, 6.45) is 5.33. The zero-order valence-corrected chi connectivity index (χ0v) is 20.0. The number of benzene rings is 3. The molecular weight excluding hydrogens is 435 g/mol. The normalized spacial score (nSPS) is 19.0. The fraction of sp³-hybridized carbons (Fsp3) is 0.185. The Morgan fingerprint density at radius 1 is 0.613 bits per heavy atom. The summed E-state index contributed by atoms with van der Waals surface area (Å²) >= 11 is 3.97. The van der Waals surface area contributed by atoms with Crippen LogP contribution >= 0.6 is 30.7 Å². The van der Waals surface area contributed by atoms with Gasteiger partial charge in [0.2, 0.25) is 0 Å². The van der Waals surface area contributed by atoms with Crippen LogP contribution in [0, 0.1) is 0 Å². The Hall–Kier alpha value is -1.93. The molecule has 3 aromatic rings. The lowest BCUT2D eigenvalue weighted by Gasteiger charge is -2.13. The molecule has 1 aliphatic heterocycles. The molecule has 0 unspecified atom stereocenters. The van der Waals surface area contributed by atoms with Crippen molar-refractivity contribution in [3.63, 3.8) is 0 Å². The zero-order valence-electron chi connectivity index (χ0n) is 17.5. The van der Waals surface area contributed by atoms with Gasteiger partial charge < -0.3 is 4.57 Å². The average molecular weight is 463 g/mol.